The fourth-order valence-electron chi connectivity index (χ4n) is 2.74. The molecule has 0 bridgehead atoms. The molecule has 1 unspecified atom stereocenters. The highest BCUT2D eigenvalue weighted by Crippen LogP contribution is 2.24. The van der Waals surface area contributed by atoms with Crippen LogP contribution in [0.2, 0.25) is 5.02 Å². The molecule has 106 valence electrons. The van der Waals surface area contributed by atoms with Crippen LogP contribution in [0.25, 0.3) is 0 Å². The summed E-state index contributed by atoms with van der Waals surface area (Å²) in [5, 5.41) is 4.53. The summed E-state index contributed by atoms with van der Waals surface area (Å²) in [5.41, 5.74) is 2.41. The molecule has 0 spiro atoms. The molecule has 0 amide bonds. The Morgan fingerprint density at radius 1 is 1.42 bits per heavy atom. The van der Waals surface area contributed by atoms with Crippen LogP contribution in [0.15, 0.2) is 18.2 Å². The molecule has 0 aliphatic carbocycles. The summed E-state index contributed by atoms with van der Waals surface area (Å²) in [4.78, 5) is 2.47. The predicted molar refractivity (Wildman–Crippen MR) is 84.3 cm³/mol. The maximum absolute atomic E-state index is 6.25. The smallest absolute Gasteiger partial charge is 0.0455 e. The molecule has 1 aromatic carbocycles. The Kier molecular flexibility index (Phi) is 5.12. The molecule has 1 N–H and O–H groups in total. The van der Waals surface area contributed by atoms with Gasteiger partial charge in [0.2, 0.25) is 0 Å². The third-order valence-electron chi connectivity index (χ3n) is 3.76. The number of anilines is 1. The van der Waals surface area contributed by atoms with Crippen molar-refractivity contribution in [2.24, 2.45) is 5.92 Å². The first kappa shape index (κ1) is 14.7. The third-order valence-corrected chi connectivity index (χ3v) is 4.16. The number of benzene rings is 1. The van der Waals surface area contributed by atoms with E-state index in [9.17, 15) is 0 Å². The minimum absolute atomic E-state index is 0.586. The van der Waals surface area contributed by atoms with Crippen LogP contribution < -0.4 is 10.2 Å². The molecule has 1 saturated heterocycles. The van der Waals surface area contributed by atoms with Crippen LogP contribution in [-0.4, -0.2) is 25.7 Å². The first-order chi connectivity index (χ1) is 9.06. The molecule has 1 atom stereocenters. The van der Waals surface area contributed by atoms with Gasteiger partial charge in [-0.25, -0.2) is 0 Å². The molecule has 1 aromatic rings. The second-order valence-electron chi connectivity index (χ2n) is 6.01. The Labute approximate surface area is 122 Å². The molecule has 2 rings (SSSR count). The van der Waals surface area contributed by atoms with Gasteiger partial charge >= 0.3 is 0 Å². The van der Waals surface area contributed by atoms with Crippen molar-refractivity contribution in [1.29, 1.82) is 0 Å². The third kappa shape index (κ3) is 4.12. The fraction of sp³-hybridized carbons (Fsp3) is 0.625. The minimum atomic E-state index is 0.586. The number of nitrogens with one attached hydrogen (secondary N) is 1. The molecular weight excluding hydrogens is 256 g/mol. The van der Waals surface area contributed by atoms with E-state index in [4.69, 9.17) is 11.6 Å². The molecular formula is C16H25ClN2. The van der Waals surface area contributed by atoms with Crippen molar-refractivity contribution in [3.63, 3.8) is 0 Å². The van der Waals surface area contributed by atoms with Crippen molar-refractivity contribution >= 4 is 17.3 Å². The van der Waals surface area contributed by atoms with Gasteiger partial charge in [0.25, 0.3) is 0 Å². The van der Waals surface area contributed by atoms with E-state index in [2.05, 4.69) is 49.2 Å². The number of halogens is 1. The summed E-state index contributed by atoms with van der Waals surface area (Å²) in [6.07, 6.45) is 2.43. The van der Waals surface area contributed by atoms with E-state index in [0.717, 1.165) is 36.1 Å². The van der Waals surface area contributed by atoms with Crippen molar-refractivity contribution in [1.82, 2.24) is 5.32 Å². The lowest BCUT2D eigenvalue weighted by Crippen LogP contribution is -2.38. The molecule has 0 radical (unpaired) electrons. The summed E-state index contributed by atoms with van der Waals surface area (Å²) < 4.78 is 0. The van der Waals surface area contributed by atoms with Crippen LogP contribution >= 0.6 is 11.6 Å². The average molecular weight is 281 g/mol. The number of hydrogen-bond acceptors (Lipinski definition) is 2. The number of hydrogen-bond donors (Lipinski definition) is 1. The van der Waals surface area contributed by atoms with Crippen molar-refractivity contribution in [3.05, 3.63) is 28.8 Å². The van der Waals surface area contributed by atoms with Crippen molar-refractivity contribution in [2.45, 2.75) is 39.7 Å². The maximum Gasteiger partial charge on any atom is 0.0455 e. The van der Waals surface area contributed by atoms with Crippen LogP contribution in [0.1, 0.15) is 32.3 Å². The lowest BCUT2D eigenvalue weighted by molar-refractivity contribution is 0.436. The van der Waals surface area contributed by atoms with Gasteiger partial charge in [-0.2, -0.15) is 0 Å². The molecule has 1 fully saturated rings. The van der Waals surface area contributed by atoms with Crippen molar-refractivity contribution < 1.29 is 0 Å². The number of rotatable bonds is 3. The Morgan fingerprint density at radius 2 is 2.21 bits per heavy atom. The van der Waals surface area contributed by atoms with Crippen LogP contribution in [0.3, 0.4) is 0 Å². The normalized spacial score (nSPS) is 20.7. The van der Waals surface area contributed by atoms with Gasteiger partial charge < -0.3 is 10.2 Å². The molecule has 1 heterocycles. The van der Waals surface area contributed by atoms with Crippen molar-refractivity contribution in [3.8, 4) is 0 Å². The molecule has 0 saturated carbocycles. The molecule has 1 aliphatic heterocycles. The van der Waals surface area contributed by atoms with E-state index in [0.29, 0.717) is 6.04 Å². The van der Waals surface area contributed by atoms with Gasteiger partial charge in [0.1, 0.15) is 0 Å². The molecule has 1 aliphatic rings. The van der Waals surface area contributed by atoms with Crippen molar-refractivity contribution in [2.75, 3.05) is 24.5 Å². The molecule has 2 nitrogen and oxygen atoms in total. The van der Waals surface area contributed by atoms with Gasteiger partial charge in [0.05, 0.1) is 0 Å². The Morgan fingerprint density at radius 3 is 2.89 bits per heavy atom. The zero-order chi connectivity index (χ0) is 13.8. The van der Waals surface area contributed by atoms with Crippen LogP contribution in [0.5, 0.6) is 0 Å². The Bertz CT molecular complexity index is 417. The van der Waals surface area contributed by atoms with Gasteiger partial charge in [0, 0.05) is 29.8 Å². The lowest BCUT2D eigenvalue weighted by atomic mass is 10.0. The highest BCUT2D eigenvalue weighted by Gasteiger charge is 2.19. The molecule has 19 heavy (non-hydrogen) atoms. The van der Waals surface area contributed by atoms with Gasteiger partial charge in [-0.1, -0.05) is 31.5 Å². The van der Waals surface area contributed by atoms with Gasteiger partial charge in [-0.05, 0) is 49.9 Å². The summed E-state index contributed by atoms with van der Waals surface area (Å²) >= 11 is 6.25. The quantitative estimate of drug-likeness (QED) is 0.904. The highest BCUT2D eigenvalue weighted by atomic mass is 35.5. The predicted octanol–water partition coefficient (Wildman–Crippen LogP) is 3.86. The molecule has 0 aromatic heterocycles. The van der Waals surface area contributed by atoms with Crippen LogP contribution in [0, 0.1) is 12.8 Å². The Balaban J connectivity index is 2.10. The second-order valence-corrected chi connectivity index (χ2v) is 6.42. The zero-order valence-electron chi connectivity index (χ0n) is 12.2. The van der Waals surface area contributed by atoms with Crippen LogP contribution in [0.4, 0.5) is 5.69 Å². The van der Waals surface area contributed by atoms with Gasteiger partial charge in [-0.15, -0.1) is 0 Å². The average Bonchev–Trinajstić information content (AvgIpc) is 2.57. The van der Waals surface area contributed by atoms with E-state index < -0.39 is 0 Å². The SMILES string of the molecule is Cc1ccc(N2CCCNC(CC(C)C)C2)cc1Cl. The standard InChI is InChI=1S/C16H25ClN2/c1-12(2)9-14-11-19(8-4-7-18-14)15-6-5-13(3)16(17)10-15/h5-6,10,12,14,18H,4,7-9,11H2,1-3H3. The first-order valence-electron chi connectivity index (χ1n) is 7.30. The van der Waals surface area contributed by atoms with E-state index in [1.165, 1.54) is 18.5 Å². The largest absolute Gasteiger partial charge is 0.370 e. The van der Waals surface area contributed by atoms with E-state index in [1.54, 1.807) is 0 Å². The lowest BCUT2D eigenvalue weighted by Gasteiger charge is -2.27. The molecule has 3 heteroatoms. The summed E-state index contributed by atoms with van der Waals surface area (Å²) in [5.74, 6) is 0.735. The number of aryl methyl sites for hydroxylation is 1. The topological polar surface area (TPSA) is 15.3 Å². The minimum Gasteiger partial charge on any atom is -0.370 e. The monoisotopic (exact) mass is 280 g/mol. The number of nitrogens with zero attached hydrogens (tertiary/aromatic N) is 1. The van der Waals surface area contributed by atoms with E-state index >= 15 is 0 Å². The second kappa shape index (κ2) is 6.62. The first-order valence-corrected chi connectivity index (χ1v) is 7.68. The zero-order valence-corrected chi connectivity index (χ0v) is 13.0. The maximum atomic E-state index is 6.25. The van der Waals surface area contributed by atoms with Gasteiger partial charge in [-0.3, -0.25) is 0 Å². The van der Waals surface area contributed by atoms with Crippen LogP contribution in [-0.2, 0) is 0 Å². The Hall–Kier alpha value is -0.730. The van der Waals surface area contributed by atoms with E-state index in [-0.39, 0.29) is 0 Å². The highest BCUT2D eigenvalue weighted by molar-refractivity contribution is 6.31. The van der Waals surface area contributed by atoms with E-state index in [1.807, 2.05) is 0 Å². The summed E-state index contributed by atoms with van der Waals surface area (Å²) in [6, 6.07) is 7.00. The van der Waals surface area contributed by atoms with Gasteiger partial charge in [0.15, 0.2) is 0 Å². The summed E-state index contributed by atoms with van der Waals surface area (Å²) in [6.45, 7) is 9.95. The fourth-order valence-corrected chi connectivity index (χ4v) is 2.91. The summed E-state index contributed by atoms with van der Waals surface area (Å²) in [7, 11) is 0.